The van der Waals surface area contributed by atoms with E-state index in [-0.39, 0.29) is 17.5 Å². The van der Waals surface area contributed by atoms with Crippen LogP contribution in [0.4, 0.5) is 4.79 Å². The van der Waals surface area contributed by atoms with Crippen molar-refractivity contribution < 1.29 is 14.7 Å². The maximum atomic E-state index is 12.3. The van der Waals surface area contributed by atoms with E-state index in [1.165, 1.54) is 4.90 Å². The van der Waals surface area contributed by atoms with Gasteiger partial charge in [0.2, 0.25) is 0 Å². The predicted octanol–water partition coefficient (Wildman–Crippen LogP) is 2.32. The van der Waals surface area contributed by atoms with Gasteiger partial charge in [-0.05, 0) is 31.1 Å². The minimum atomic E-state index is -0.919. The van der Waals surface area contributed by atoms with Gasteiger partial charge in [-0.3, -0.25) is 0 Å². The highest BCUT2D eigenvalue weighted by molar-refractivity contribution is 5.83. The van der Waals surface area contributed by atoms with Crippen molar-refractivity contribution in [2.75, 3.05) is 6.54 Å². The van der Waals surface area contributed by atoms with Gasteiger partial charge in [0.25, 0.3) is 0 Å². The van der Waals surface area contributed by atoms with Gasteiger partial charge >= 0.3 is 12.0 Å². The summed E-state index contributed by atoms with van der Waals surface area (Å²) in [5, 5.41) is 12.3. The summed E-state index contributed by atoms with van der Waals surface area (Å²) in [7, 11) is 0. The summed E-state index contributed by atoms with van der Waals surface area (Å²) < 4.78 is 0. The second-order valence-corrected chi connectivity index (χ2v) is 6.51. The fourth-order valence-electron chi connectivity index (χ4n) is 2.52. The van der Waals surface area contributed by atoms with Crippen LogP contribution in [0.3, 0.4) is 0 Å². The quantitative estimate of drug-likeness (QED) is 0.827. The number of nitrogens with one attached hydrogen (secondary N) is 1. The second kappa shape index (κ2) is 5.80. The Morgan fingerprint density at radius 1 is 1.32 bits per heavy atom. The Morgan fingerprint density at radius 2 is 1.89 bits per heavy atom. The number of urea groups is 1. The number of hydrogen-bond acceptors (Lipinski definition) is 2. The number of carboxylic acid groups (broad SMARTS) is 1. The predicted molar refractivity (Wildman–Crippen MR) is 74.0 cm³/mol. The molecule has 110 valence electrons. The van der Waals surface area contributed by atoms with E-state index in [2.05, 4.69) is 5.32 Å². The molecule has 0 saturated carbocycles. The van der Waals surface area contributed by atoms with E-state index >= 15 is 0 Å². The number of carboxylic acids is 1. The van der Waals surface area contributed by atoms with Crippen molar-refractivity contribution in [3.05, 3.63) is 0 Å². The summed E-state index contributed by atoms with van der Waals surface area (Å²) in [5.74, 6) is -0.595. The summed E-state index contributed by atoms with van der Waals surface area (Å²) in [6.07, 6.45) is 1.67. The number of carbonyl (C=O) groups excluding carboxylic acids is 1. The molecule has 2 unspecified atom stereocenters. The van der Waals surface area contributed by atoms with Crippen molar-refractivity contribution in [2.45, 2.75) is 59.5 Å². The molecule has 1 aliphatic rings. The molecule has 0 spiro atoms. The molecule has 1 saturated heterocycles. The van der Waals surface area contributed by atoms with Crippen molar-refractivity contribution in [2.24, 2.45) is 11.3 Å². The van der Waals surface area contributed by atoms with Crippen molar-refractivity contribution in [3.63, 3.8) is 0 Å². The first-order valence-corrected chi connectivity index (χ1v) is 6.96. The minimum Gasteiger partial charge on any atom is -0.480 e. The van der Waals surface area contributed by atoms with E-state index in [1.807, 2.05) is 34.6 Å². The number of likely N-dealkylation sites (tertiary alicyclic amines) is 1. The van der Waals surface area contributed by atoms with Crippen LogP contribution in [0.1, 0.15) is 47.5 Å². The Labute approximate surface area is 115 Å². The third kappa shape index (κ3) is 3.61. The molecule has 0 aliphatic carbocycles. The molecular weight excluding hydrogens is 244 g/mol. The Balaban J connectivity index is 2.84. The number of nitrogens with zero attached hydrogens (tertiary/aromatic N) is 1. The monoisotopic (exact) mass is 270 g/mol. The van der Waals surface area contributed by atoms with Gasteiger partial charge < -0.3 is 15.3 Å². The number of hydrogen-bond donors (Lipinski definition) is 2. The lowest BCUT2D eigenvalue weighted by atomic mass is 9.76. The molecule has 0 bridgehead atoms. The summed E-state index contributed by atoms with van der Waals surface area (Å²) in [5.41, 5.74) is -0.386. The summed E-state index contributed by atoms with van der Waals surface area (Å²) in [6.45, 7) is 10.3. The van der Waals surface area contributed by atoms with Crippen molar-refractivity contribution in [3.8, 4) is 0 Å². The summed E-state index contributed by atoms with van der Waals surface area (Å²) >= 11 is 0. The average molecular weight is 270 g/mol. The molecule has 2 amide bonds. The third-order valence-corrected chi connectivity index (χ3v) is 4.12. The van der Waals surface area contributed by atoms with E-state index in [0.717, 1.165) is 12.8 Å². The number of aliphatic carboxylic acids is 1. The van der Waals surface area contributed by atoms with Crippen LogP contribution in [-0.4, -0.2) is 40.6 Å². The van der Waals surface area contributed by atoms with Crippen LogP contribution in [-0.2, 0) is 4.79 Å². The fourth-order valence-corrected chi connectivity index (χ4v) is 2.52. The Bertz CT molecular complexity index is 353. The van der Waals surface area contributed by atoms with Crippen LogP contribution >= 0.6 is 0 Å². The highest BCUT2D eigenvalue weighted by atomic mass is 16.4. The largest absolute Gasteiger partial charge is 0.480 e. The van der Waals surface area contributed by atoms with Crippen LogP contribution in [0.5, 0.6) is 0 Å². The molecule has 1 heterocycles. The summed E-state index contributed by atoms with van der Waals surface area (Å²) in [4.78, 5) is 25.2. The van der Waals surface area contributed by atoms with E-state index in [9.17, 15) is 14.7 Å². The average Bonchev–Trinajstić information content (AvgIpc) is 2.26. The van der Waals surface area contributed by atoms with Gasteiger partial charge in [-0.1, -0.05) is 27.7 Å². The van der Waals surface area contributed by atoms with Gasteiger partial charge in [-0.25, -0.2) is 9.59 Å². The lowest BCUT2D eigenvalue weighted by Gasteiger charge is -2.44. The molecule has 1 fully saturated rings. The normalized spacial score (nSPS) is 24.1. The number of piperidine rings is 1. The molecule has 1 aliphatic heterocycles. The van der Waals surface area contributed by atoms with Crippen LogP contribution in [0, 0.1) is 11.3 Å². The maximum absolute atomic E-state index is 12.3. The zero-order valence-electron chi connectivity index (χ0n) is 12.6. The minimum absolute atomic E-state index is 0.0342. The molecule has 0 radical (unpaired) electrons. The lowest BCUT2D eigenvalue weighted by Crippen LogP contribution is -2.59. The molecule has 5 nitrogen and oxygen atoms in total. The molecule has 5 heteroatoms. The molecule has 19 heavy (non-hydrogen) atoms. The smallest absolute Gasteiger partial charge is 0.327 e. The highest BCUT2D eigenvalue weighted by Crippen LogP contribution is 2.35. The molecule has 2 N–H and O–H groups in total. The highest BCUT2D eigenvalue weighted by Gasteiger charge is 2.44. The van der Waals surface area contributed by atoms with Gasteiger partial charge in [0.15, 0.2) is 0 Å². The van der Waals surface area contributed by atoms with E-state index < -0.39 is 12.0 Å². The van der Waals surface area contributed by atoms with E-state index in [0.29, 0.717) is 12.5 Å². The first-order chi connectivity index (χ1) is 8.66. The molecular formula is C14H26N2O3. The first-order valence-electron chi connectivity index (χ1n) is 6.96. The van der Waals surface area contributed by atoms with Crippen molar-refractivity contribution in [1.29, 1.82) is 0 Å². The molecule has 2 atom stereocenters. The van der Waals surface area contributed by atoms with Crippen LogP contribution in [0.25, 0.3) is 0 Å². The Morgan fingerprint density at radius 3 is 2.37 bits per heavy atom. The standard InChI is InChI=1S/C14H26N2O3/c1-9(2)10(3)15-13(19)16-8-6-7-14(4,5)11(16)12(17)18/h9-11H,6-8H2,1-5H3,(H,15,19)(H,17,18). The van der Waals surface area contributed by atoms with Gasteiger partial charge in [0.1, 0.15) is 6.04 Å². The van der Waals surface area contributed by atoms with Gasteiger partial charge in [-0.15, -0.1) is 0 Å². The molecule has 0 aromatic heterocycles. The van der Waals surface area contributed by atoms with Crippen LogP contribution in [0.2, 0.25) is 0 Å². The summed E-state index contributed by atoms with van der Waals surface area (Å²) in [6, 6.07) is -0.978. The Hall–Kier alpha value is -1.26. The maximum Gasteiger partial charge on any atom is 0.327 e. The third-order valence-electron chi connectivity index (χ3n) is 4.12. The molecule has 0 aromatic carbocycles. The van der Waals surface area contributed by atoms with Gasteiger partial charge in [0, 0.05) is 12.6 Å². The van der Waals surface area contributed by atoms with Crippen molar-refractivity contribution >= 4 is 12.0 Å². The Kier molecular flexibility index (Phi) is 4.82. The number of carbonyl (C=O) groups is 2. The SMILES string of the molecule is CC(C)C(C)NC(=O)N1CCCC(C)(C)C1C(=O)O. The van der Waals surface area contributed by atoms with Gasteiger partial charge in [0.05, 0.1) is 0 Å². The number of rotatable bonds is 3. The lowest BCUT2D eigenvalue weighted by molar-refractivity contribution is -0.148. The second-order valence-electron chi connectivity index (χ2n) is 6.51. The van der Waals surface area contributed by atoms with E-state index in [1.54, 1.807) is 0 Å². The topological polar surface area (TPSA) is 69.6 Å². The van der Waals surface area contributed by atoms with Gasteiger partial charge in [-0.2, -0.15) is 0 Å². The fraction of sp³-hybridized carbons (Fsp3) is 0.857. The molecule has 0 aromatic rings. The zero-order valence-corrected chi connectivity index (χ0v) is 12.6. The van der Waals surface area contributed by atoms with Crippen molar-refractivity contribution in [1.82, 2.24) is 10.2 Å². The van der Waals surface area contributed by atoms with Crippen LogP contribution < -0.4 is 5.32 Å². The first kappa shape index (κ1) is 15.8. The van der Waals surface area contributed by atoms with E-state index in [4.69, 9.17) is 0 Å². The zero-order chi connectivity index (χ0) is 14.8. The number of amides is 2. The van der Waals surface area contributed by atoms with Crippen LogP contribution in [0.15, 0.2) is 0 Å². The molecule has 1 rings (SSSR count).